The van der Waals surface area contributed by atoms with E-state index in [-0.39, 0.29) is 5.75 Å². The Kier molecular flexibility index (Phi) is 4.99. The summed E-state index contributed by atoms with van der Waals surface area (Å²) in [6, 6.07) is 12.0. The van der Waals surface area contributed by atoms with Crippen LogP contribution >= 0.6 is 11.3 Å². The first-order valence-corrected chi connectivity index (χ1v) is 9.51. The highest BCUT2D eigenvalue weighted by molar-refractivity contribution is 7.22. The number of pyridine rings is 2. The lowest BCUT2D eigenvalue weighted by atomic mass is 10.2. The van der Waals surface area contributed by atoms with Crippen molar-refractivity contribution < 1.29 is 13.9 Å². The molecule has 0 aliphatic rings. The van der Waals surface area contributed by atoms with Gasteiger partial charge in [0.05, 0.1) is 20.8 Å². The minimum atomic E-state index is -0.564. The van der Waals surface area contributed by atoms with Gasteiger partial charge in [-0.2, -0.15) is 0 Å². The predicted octanol–water partition coefficient (Wildman–Crippen LogP) is 5.42. The Hall–Kier alpha value is -3.32. The van der Waals surface area contributed by atoms with Gasteiger partial charge in [0.2, 0.25) is 6.41 Å². The summed E-state index contributed by atoms with van der Waals surface area (Å²) in [4.78, 5) is 20.4. The Labute approximate surface area is 164 Å². The van der Waals surface area contributed by atoms with E-state index in [0.29, 0.717) is 17.8 Å². The molecule has 0 radical (unpaired) electrons. The summed E-state index contributed by atoms with van der Waals surface area (Å²) < 4.78 is 20.9. The summed E-state index contributed by atoms with van der Waals surface area (Å²) in [6.07, 6.45) is 4.93. The van der Waals surface area contributed by atoms with Crippen LogP contribution in [0.5, 0.6) is 11.5 Å². The summed E-state index contributed by atoms with van der Waals surface area (Å²) >= 11 is 1.50. The fourth-order valence-corrected chi connectivity index (χ4v) is 3.80. The van der Waals surface area contributed by atoms with Crippen LogP contribution in [0.15, 0.2) is 54.9 Å². The van der Waals surface area contributed by atoms with E-state index in [1.807, 2.05) is 18.3 Å². The summed E-state index contributed by atoms with van der Waals surface area (Å²) in [5.41, 5.74) is 3.16. The Morgan fingerprint density at radius 2 is 2.04 bits per heavy atom. The number of benzene rings is 1. The molecule has 0 saturated carbocycles. The number of rotatable bonds is 6. The van der Waals surface area contributed by atoms with Gasteiger partial charge in [-0.25, -0.2) is 4.39 Å². The molecule has 0 saturated heterocycles. The minimum absolute atomic E-state index is 0.0734. The first-order chi connectivity index (χ1) is 13.7. The lowest BCUT2D eigenvalue weighted by molar-refractivity contribution is -0.105. The average molecular weight is 393 g/mol. The largest absolute Gasteiger partial charge is 0.453 e. The van der Waals surface area contributed by atoms with Crippen LogP contribution in [0, 0.1) is 5.82 Å². The number of fused-ring (bicyclic) bond motifs is 1. The van der Waals surface area contributed by atoms with Crippen molar-refractivity contribution in [2.75, 3.05) is 5.32 Å². The zero-order chi connectivity index (χ0) is 19.5. The molecule has 0 unspecified atom stereocenters. The number of thiophene rings is 1. The van der Waals surface area contributed by atoms with Crippen molar-refractivity contribution in [2.45, 2.75) is 13.3 Å². The summed E-state index contributed by atoms with van der Waals surface area (Å²) in [5.74, 6) is 0.0242. The lowest BCUT2D eigenvalue weighted by Gasteiger charge is -2.08. The van der Waals surface area contributed by atoms with Gasteiger partial charge in [-0.1, -0.05) is 13.0 Å². The van der Waals surface area contributed by atoms with Crippen LogP contribution in [0.25, 0.3) is 20.8 Å². The van der Waals surface area contributed by atoms with E-state index in [4.69, 9.17) is 4.74 Å². The van der Waals surface area contributed by atoms with Gasteiger partial charge in [0, 0.05) is 30.2 Å². The van der Waals surface area contributed by atoms with Crippen molar-refractivity contribution in [3.05, 3.63) is 66.2 Å². The van der Waals surface area contributed by atoms with Crippen LogP contribution in [-0.4, -0.2) is 16.4 Å². The SMILES string of the molecule is CCc1ccc(-c2cc3nccc(Oc4ccc(NC=O)cc4F)c3s2)nc1. The first kappa shape index (κ1) is 18.1. The molecule has 4 aromatic rings. The van der Waals surface area contributed by atoms with Crippen LogP contribution in [0.4, 0.5) is 10.1 Å². The van der Waals surface area contributed by atoms with E-state index in [1.54, 1.807) is 18.3 Å². The Morgan fingerprint density at radius 3 is 2.75 bits per heavy atom. The van der Waals surface area contributed by atoms with Crippen molar-refractivity contribution in [2.24, 2.45) is 0 Å². The average Bonchev–Trinajstić information content (AvgIpc) is 3.15. The molecule has 4 rings (SSSR count). The number of aryl methyl sites for hydroxylation is 1. The van der Waals surface area contributed by atoms with Gasteiger partial charge in [-0.3, -0.25) is 14.8 Å². The first-order valence-electron chi connectivity index (χ1n) is 8.69. The highest BCUT2D eigenvalue weighted by atomic mass is 32.1. The molecule has 7 heteroatoms. The molecule has 3 heterocycles. The number of carbonyl (C=O) groups excluding carboxylic acids is 1. The van der Waals surface area contributed by atoms with E-state index in [9.17, 15) is 9.18 Å². The van der Waals surface area contributed by atoms with Gasteiger partial charge in [0.1, 0.15) is 5.75 Å². The second-order valence-electron chi connectivity index (χ2n) is 6.05. The highest BCUT2D eigenvalue weighted by Crippen LogP contribution is 2.39. The van der Waals surface area contributed by atoms with Crippen LogP contribution < -0.4 is 10.1 Å². The van der Waals surface area contributed by atoms with Crippen LogP contribution in [0.2, 0.25) is 0 Å². The lowest BCUT2D eigenvalue weighted by Crippen LogP contribution is -1.95. The quantitative estimate of drug-likeness (QED) is 0.444. The molecule has 0 bridgehead atoms. The van der Waals surface area contributed by atoms with Gasteiger partial charge in [0.15, 0.2) is 11.6 Å². The topological polar surface area (TPSA) is 64.1 Å². The predicted molar refractivity (Wildman–Crippen MR) is 108 cm³/mol. The fourth-order valence-electron chi connectivity index (χ4n) is 2.76. The molecule has 1 N–H and O–H groups in total. The molecule has 3 aromatic heterocycles. The van der Waals surface area contributed by atoms with Gasteiger partial charge >= 0.3 is 0 Å². The molecule has 140 valence electrons. The van der Waals surface area contributed by atoms with E-state index in [1.165, 1.54) is 29.0 Å². The molecule has 0 aliphatic heterocycles. The molecule has 5 nitrogen and oxygen atoms in total. The summed E-state index contributed by atoms with van der Waals surface area (Å²) in [7, 11) is 0. The number of carbonyl (C=O) groups is 1. The van der Waals surface area contributed by atoms with Crippen molar-refractivity contribution in [1.29, 1.82) is 0 Å². The highest BCUT2D eigenvalue weighted by Gasteiger charge is 2.13. The number of hydrogen-bond acceptors (Lipinski definition) is 5. The number of nitrogens with zero attached hydrogens (tertiary/aromatic N) is 2. The second-order valence-corrected chi connectivity index (χ2v) is 7.10. The number of amides is 1. The summed E-state index contributed by atoms with van der Waals surface area (Å²) in [5, 5.41) is 2.41. The zero-order valence-electron chi connectivity index (χ0n) is 15.0. The maximum atomic E-state index is 14.3. The van der Waals surface area contributed by atoms with Crippen LogP contribution in [0.3, 0.4) is 0 Å². The molecule has 1 aromatic carbocycles. The molecular weight excluding hydrogens is 377 g/mol. The molecule has 0 atom stereocenters. The normalized spacial score (nSPS) is 10.8. The number of aromatic nitrogens is 2. The van der Waals surface area contributed by atoms with E-state index >= 15 is 0 Å². The van der Waals surface area contributed by atoms with Crippen molar-refractivity contribution >= 4 is 33.7 Å². The molecule has 0 spiro atoms. The van der Waals surface area contributed by atoms with E-state index in [2.05, 4.69) is 28.3 Å². The molecular formula is C21H16FN3O2S. The van der Waals surface area contributed by atoms with Gasteiger partial charge in [-0.15, -0.1) is 11.3 Å². The smallest absolute Gasteiger partial charge is 0.211 e. The standard InChI is InChI=1S/C21H16FN3O2S/c1-2-13-3-5-16(24-11-13)20-10-17-21(28-20)19(7-8-23-17)27-18-6-4-14(25-12-26)9-15(18)22/h3-12H,2H2,1H3,(H,25,26). The number of hydrogen-bond donors (Lipinski definition) is 1. The van der Waals surface area contributed by atoms with Crippen molar-refractivity contribution in [3.8, 4) is 22.1 Å². The van der Waals surface area contributed by atoms with Gasteiger partial charge in [0.25, 0.3) is 0 Å². The van der Waals surface area contributed by atoms with Gasteiger partial charge < -0.3 is 10.1 Å². The maximum absolute atomic E-state index is 14.3. The molecule has 28 heavy (non-hydrogen) atoms. The monoisotopic (exact) mass is 393 g/mol. The van der Waals surface area contributed by atoms with Crippen molar-refractivity contribution in [3.63, 3.8) is 0 Å². The van der Waals surface area contributed by atoms with Crippen LogP contribution in [-0.2, 0) is 11.2 Å². The third-order valence-electron chi connectivity index (χ3n) is 4.24. The third-order valence-corrected chi connectivity index (χ3v) is 5.40. The van der Waals surface area contributed by atoms with Crippen LogP contribution in [0.1, 0.15) is 12.5 Å². The molecule has 0 fully saturated rings. The Morgan fingerprint density at radius 1 is 1.14 bits per heavy atom. The van der Waals surface area contributed by atoms with E-state index in [0.717, 1.165) is 27.2 Å². The number of anilines is 1. The second kappa shape index (κ2) is 7.74. The van der Waals surface area contributed by atoms with Gasteiger partial charge in [-0.05, 0) is 36.2 Å². The third kappa shape index (κ3) is 3.57. The Bertz CT molecular complexity index is 1140. The summed E-state index contributed by atoms with van der Waals surface area (Å²) in [6.45, 7) is 2.09. The van der Waals surface area contributed by atoms with Crippen molar-refractivity contribution in [1.82, 2.24) is 9.97 Å². The maximum Gasteiger partial charge on any atom is 0.211 e. The zero-order valence-corrected chi connectivity index (χ0v) is 15.8. The van der Waals surface area contributed by atoms with E-state index < -0.39 is 5.82 Å². The minimum Gasteiger partial charge on any atom is -0.453 e. The Balaban J connectivity index is 1.68. The fraction of sp³-hybridized carbons (Fsp3) is 0.0952. The molecule has 1 amide bonds. The number of nitrogens with one attached hydrogen (secondary N) is 1. The number of ether oxygens (including phenoxy) is 1. The number of halogens is 1. The molecule has 0 aliphatic carbocycles.